The van der Waals surface area contributed by atoms with E-state index in [4.69, 9.17) is 23.8 Å². The van der Waals surface area contributed by atoms with Crippen LogP contribution in [0.5, 0.6) is 0 Å². The highest BCUT2D eigenvalue weighted by atomic mass is 35.5. The first kappa shape index (κ1) is 11.3. The Bertz CT molecular complexity index is 609. The van der Waals surface area contributed by atoms with Crippen molar-refractivity contribution in [2.75, 3.05) is 0 Å². The predicted octanol–water partition coefficient (Wildman–Crippen LogP) is 4.40. The van der Waals surface area contributed by atoms with Crippen molar-refractivity contribution in [2.24, 2.45) is 11.8 Å². The maximum absolute atomic E-state index is 6.27. The van der Waals surface area contributed by atoms with Crippen molar-refractivity contribution in [1.29, 1.82) is 0 Å². The van der Waals surface area contributed by atoms with Crippen molar-refractivity contribution in [3.8, 4) is 0 Å². The zero-order chi connectivity index (χ0) is 12.0. The molecule has 1 heterocycles. The van der Waals surface area contributed by atoms with E-state index in [-0.39, 0.29) is 0 Å². The Morgan fingerprint density at radius 3 is 3.00 bits per heavy atom. The molecular weight excluding hydrogens is 252 g/mol. The van der Waals surface area contributed by atoms with Crippen molar-refractivity contribution in [3.05, 3.63) is 28.0 Å². The van der Waals surface area contributed by atoms with E-state index in [9.17, 15) is 0 Å². The molecule has 3 rings (SSSR count). The Kier molecular flexibility index (Phi) is 2.75. The largest absolute Gasteiger partial charge is 0.331 e. The highest BCUT2D eigenvalue weighted by Crippen LogP contribution is 2.38. The minimum Gasteiger partial charge on any atom is -0.331 e. The summed E-state index contributed by atoms with van der Waals surface area (Å²) >= 11 is 11.7. The molecule has 17 heavy (non-hydrogen) atoms. The predicted molar refractivity (Wildman–Crippen MR) is 74.0 cm³/mol. The first-order valence-corrected chi connectivity index (χ1v) is 6.82. The number of aromatic amines is 1. The number of halogens is 1. The molecule has 0 radical (unpaired) electrons. The zero-order valence-corrected chi connectivity index (χ0v) is 11.3. The van der Waals surface area contributed by atoms with Gasteiger partial charge in [0.2, 0.25) is 0 Å². The van der Waals surface area contributed by atoms with E-state index in [0.717, 1.165) is 33.3 Å². The second kappa shape index (κ2) is 4.14. The molecule has 1 aliphatic carbocycles. The molecule has 90 valence electrons. The second-order valence-electron chi connectivity index (χ2n) is 4.99. The standard InChI is InChI=1S/C13H15ClN2S/c1-8(9-5-6-9)7-16-12-10(14)3-2-4-11(12)15-13(16)17/h2-4,8-9H,5-7H2,1H3,(H,15,17). The highest BCUT2D eigenvalue weighted by Gasteiger charge is 2.28. The van der Waals surface area contributed by atoms with Crippen molar-refractivity contribution < 1.29 is 0 Å². The summed E-state index contributed by atoms with van der Waals surface area (Å²) in [6.07, 6.45) is 2.73. The van der Waals surface area contributed by atoms with E-state index in [1.807, 2.05) is 18.2 Å². The lowest BCUT2D eigenvalue weighted by atomic mass is 10.1. The lowest BCUT2D eigenvalue weighted by molar-refractivity contribution is 0.434. The molecule has 2 aromatic rings. The fourth-order valence-corrected chi connectivity index (χ4v) is 3.00. The quantitative estimate of drug-likeness (QED) is 0.817. The lowest BCUT2D eigenvalue weighted by Gasteiger charge is -2.12. The fourth-order valence-electron chi connectivity index (χ4n) is 2.45. The maximum Gasteiger partial charge on any atom is 0.178 e. The van der Waals surface area contributed by atoms with Gasteiger partial charge in [-0.15, -0.1) is 0 Å². The van der Waals surface area contributed by atoms with Gasteiger partial charge in [-0.25, -0.2) is 0 Å². The van der Waals surface area contributed by atoms with E-state index in [0.29, 0.717) is 5.92 Å². The topological polar surface area (TPSA) is 20.7 Å². The molecule has 1 aliphatic rings. The summed E-state index contributed by atoms with van der Waals surface area (Å²) in [4.78, 5) is 3.23. The van der Waals surface area contributed by atoms with Gasteiger partial charge in [0, 0.05) is 6.54 Å². The molecule has 0 amide bonds. The first-order valence-electron chi connectivity index (χ1n) is 6.04. The molecule has 1 aromatic heterocycles. The van der Waals surface area contributed by atoms with Crippen LogP contribution in [0.15, 0.2) is 18.2 Å². The number of H-pyrrole nitrogens is 1. The minimum absolute atomic E-state index is 0.678. The summed E-state index contributed by atoms with van der Waals surface area (Å²) < 4.78 is 2.93. The van der Waals surface area contributed by atoms with Crippen LogP contribution in [0.2, 0.25) is 5.02 Å². The van der Waals surface area contributed by atoms with Crippen LogP contribution in [0.4, 0.5) is 0 Å². The maximum atomic E-state index is 6.27. The average Bonchev–Trinajstić information content (AvgIpc) is 3.06. The Balaban J connectivity index is 2.07. The first-order chi connectivity index (χ1) is 8.16. The van der Waals surface area contributed by atoms with Gasteiger partial charge in [-0.3, -0.25) is 0 Å². The summed E-state index contributed by atoms with van der Waals surface area (Å²) in [5.41, 5.74) is 2.08. The summed E-state index contributed by atoms with van der Waals surface area (Å²) in [6, 6.07) is 5.89. The number of nitrogens with one attached hydrogen (secondary N) is 1. The summed E-state index contributed by atoms with van der Waals surface area (Å²) in [5, 5.41) is 0.776. The average molecular weight is 267 g/mol. The number of para-hydroxylation sites is 1. The van der Waals surface area contributed by atoms with E-state index in [1.165, 1.54) is 12.8 Å². The summed E-state index contributed by atoms with van der Waals surface area (Å²) in [7, 11) is 0. The molecule has 0 aliphatic heterocycles. The number of hydrogen-bond acceptors (Lipinski definition) is 1. The molecular formula is C13H15ClN2S. The SMILES string of the molecule is CC(Cn1c(=S)[nH]c2cccc(Cl)c21)C1CC1. The zero-order valence-electron chi connectivity index (χ0n) is 9.74. The molecule has 1 saturated carbocycles. The monoisotopic (exact) mass is 266 g/mol. The third-order valence-electron chi connectivity index (χ3n) is 3.64. The van der Waals surface area contributed by atoms with Crippen molar-refractivity contribution in [1.82, 2.24) is 9.55 Å². The van der Waals surface area contributed by atoms with Crippen LogP contribution < -0.4 is 0 Å². The molecule has 0 saturated heterocycles. The molecule has 0 spiro atoms. The van der Waals surface area contributed by atoms with Gasteiger partial charge in [0.25, 0.3) is 0 Å². The van der Waals surface area contributed by atoms with Crippen LogP contribution in [-0.2, 0) is 6.54 Å². The molecule has 1 atom stereocenters. The van der Waals surface area contributed by atoms with Gasteiger partial charge < -0.3 is 9.55 Å². The molecule has 0 bridgehead atoms. The molecule has 1 N–H and O–H groups in total. The van der Waals surface area contributed by atoms with Crippen molar-refractivity contribution >= 4 is 34.9 Å². The third kappa shape index (κ3) is 2.02. The molecule has 1 fully saturated rings. The summed E-state index contributed by atoms with van der Waals surface area (Å²) in [6.45, 7) is 3.27. The van der Waals surface area contributed by atoms with Gasteiger partial charge in [0.15, 0.2) is 4.77 Å². The number of fused-ring (bicyclic) bond motifs is 1. The Hall–Kier alpha value is -0.800. The van der Waals surface area contributed by atoms with Crippen molar-refractivity contribution in [3.63, 3.8) is 0 Å². The molecule has 1 unspecified atom stereocenters. The number of nitrogens with zero attached hydrogens (tertiary/aromatic N) is 1. The highest BCUT2D eigenvalue weighted by molar-refractivity contribution is 7.71. The van der Waals surface area contributed by atoms with Gasteiger partial charge >= 0.3 is 0 Å². The van der Waals surface area contributed by atoms with Crippen LogP contribution in [-0.4, -0.2) is 9.55 Å². The van der Waals surface area contributed by atoms with Gasteiger partial charge in [-0.1, -0.05) is 24.6 Å². The van der Waals surface area contributed by atoms with Crippen LogP contribution in [0.3, 0.4) is 0 Å². The van der Waals surface area contributed by atoms with E-state index in [1.54, 1.807) is 0 Å². The van der Waals surface area contributed by atoms with E-state index >= 15 is 0 Å². The number of imidazole rings is 1. The van der Waals surface area contributed by atoms with Gasteiger partial charge in [0.1, 0.15) is 0 Å². The number of rotatable bonds is 3. The molecule has 2 nitrogen and oxygen atoms in total. The molecule has 1 aromatic carbocycles. The number of benzene rings is 1. The Morgan fingerprint density at radius 1 is 1.53 bits per heavy atom. The number of aromatic nitrogens is 2. The number of hydrogen-bond donors (Lipinski definition) is 1. The fraction of sp³-hybridized carbons (Fsp3) is 0.462. The van der Waals surface area contributed by atoms with E-state index < -0.39 is 0 Å². The normalized spacial score (nSPS) is 17.5. The third-order valence-corrected chi connectivity index (χ3v) is 4.27. The smallest absolute Gasteiger partial charge is 0.178 e. The van der Waals surface area contributed by atoms with Crippen LogP contribution in [0, 0.1) is 16.6 Å². The van der Waals surface area contributed by atoms with Gasteiger partial charge in [-0.05, 0) is 49.0 Å². The van der Waals surface area contributed by atoms with Gasteiger partial charge in [-0.2, -0.15) is 0 Å². The summed E-state index contributed by atoms with van der Waals surface area (Å²) in [5.74, 6) is 1.56. The van der Waals surface area contributed by atoms with Crippen LogP contribution >= 0.6 is 23.8 Å². The Morgan fingerprint density at radius 2 is 2.29 bits per heavy atom. The van der Waals surface area contributed by atoms with Crippen LogP contribution in [0.1, 0.15) is 19.8 Å². The molecule has 4 heteroatoms. The van der Waals surface area contributed by atoms with Crippen LogP contribution in [0.25, 0.3) is 11.0 Å². The van der Waals surface area contributed by atoms with E-state index in [2.05, 4.69) is 16.5 Å². The lowest BCUT2D eigenvalue weighted by Crippen LogP contribution is -2.09. The minimum atomic E-state index is 0.678. The van der Waals surface area contributed by atoms with Crippen molar-refractivity contribution in [2.45, 2.75) is 26.3 Å². The van der Waals surface area contributed by atoms with Gasteiger partial charge in [0.05, 0.1) is 16.1 Å². The second-order valence-corrected chi connectivity index (χ2v) is 5.79. The Labute approximate surface area is 111 Å².